The SMILES string of the molecule is CC(=O)OCC1O[C@H](Oc2ccc(CCBr)cc2)C(OC(C)=O)C(OC(C)=O)[C@@H]1OC(C)=O. The van der Waals surface area contributed by atoms with Crippen molar-refractivity contribution < 1.29 is 47.6 Å². The van der Waals surface area contributed by atoms with Crippen molar-refractivity contribution in [1.29, 1.82) is 0 Å². The van der Waals surface area contributed by atoms with Gasteiger partial charge >= 0.3 is 23.9 Å². The quantitative estimate of drug-likeness (QED) is 0.266. The van der Waals surface area contributed by atoms with E-state index in [0.717, 1.165) is 31.2 Å². The van der Waals surface area contributed by atoms with Gasteiger partial charge in [0.1, 0.15) is 18.5 Å². The second kappa shape index (κ2) is 12.5. The molecule has 10 nitrogen and oxygen atoms in total. The molecule has 1 aliphatic heterocycles. The summed E-state index contributed by atoms with van der Waals surface area (Å²) in [5.41, 5.74) is 1.07. The molecule has 1 fully saturated rings. The second-order valence-electron chi connectivity index (χ2n) is 7.27. The summed E-state index contributed by atoms with van der Waals surface area (Å²) in [4.78, 5) is 46.8. The molecule has 1 saturated heterocycles. The van der Waals surface area contributed by atoms with Gasteiger partial charge in [0, 0.05) is 33.0 Å². The highest BCUT2D eigenvalue weighted by Crippen LogP contribution is 2.31. The zero-order valence-electron chi connectivity index (χ0n) is 18.8. The Bertz CT molecular complexity index is 840. The summed E-state index contributed by atoms with van der Waals surface area (Å²) in [6, 6.07) is 7.15. The van der Waals surface area contributed by atoms with Gasteiger partial charge in [-0.3, -0.25) is 19.2 Å². The molecule has 0 bridgehead atoms. The van der Waals surface area contributed by atoms with E-state index in [0.29, 0.717) is 5.75 Å². The summed E-state index contributed by atoms with van der Waals surface area (Å²) in [5.74, 6) is -2.29. The van der Waals surface area contributed by atoms with Gasteiger partial charge in [0.15, 0.2) is 12.2 Å². The Kier molecular flexibility index (Phi) is 10.1. The van der Waals surface area contributed by atoms with Crippen molar-refractivity contribution in [3.8, 4) is 5.75 Å². The van der Waals surface area contributed by atoms with E-state index in [9.17, 15) is 19.2 Å². The van der Waals surface area contributed by atoms with Crippen molar-refractivity contribution in [3.05, 3.63) is 29.8 Å². The zero-order valence-corrected chi connectivity index (χ0v) is 20.4. The first kappa shape index (κ1) is 26.6. The number of esters is 4. The van der Waals surface area contributed by atoms with Crippen LogP contribution in [-0.2, 0) is 49.3 Å². The molecule has 5 atom stereocenters. The first-order valence-electron chi connectivity index (χ1n) is 10.2. The van der Waals surface area contributed by atoms with Crippen molar-refractivity contribution in [1.82, 2.24) is 0 Å². The average Bonchev–Trinajstić information content (AvgIpc) is 2.71. The van der Waals surface area contributed by atoms with Crippen LogP contribution >= 0.6 is 15.9 Å². The number of benzene rings is 1. The summed E-state index contributed by atoms with van der Waals surface area (Å²) >= 11 is 3.38. The van der Waals surface area contributed by atoms with Crippen molar-refractivity contribution in [2.24, 2.45) is 0 Å². The molecule has 1 aliphatic rings. The van der Waals surface area contributed by atoms with Gasteiger partial charge in [-0.1, -0.05) is 28.1 Å². The van der Waals surface area contributed by atoms with Crippen LogP contribution in [0.5, 0.6) is 5.75 Å². The highest BCUT2D eigenvalue weighted by Gasteiger charge is 2.53. The topological polar surface area (TPSA) is 124 Å². The van der Waals surface area contributed by atoms with E-state index in [1.54, 1.807) is 12.1 Å². The lowest BCUT2D eigenvalue weighted by Gasteiger charge is -2.43. The molecule has 0 aliphatic carbocycles. The summed E-state index contributed by atoms with van der Waals surface area (Å²) in [6.45, 7) is 4.37. The van der Waals surface area contributed by atoms with E-state index < -0.39 is 54.6 Å². The van der Waals surface area contributed by atoms with Crippen LogP contribution in [0.1, 0.15) is 33.3 Å². The molecule has 0 saturated carbocycles. The molecule has 1 heterocycles. The standard InChI is InChI=1S/C22H27BrO10/c1-12(24)28-11-18-19(29-13(2)25)20(30-14(3)26)21(31-15(4)27)22(33-18)32-17-7-5-16(6-8-17)9-10-23/h5-8,18-22H,9-11H2,1-4H3/t18?,19-,20?,21?,22+/m1/s1. The molecular formula is C22H27BrO10. The predicted octanol–water partition coefficient (Wildman–Crippen LogP) is 2.09. The van der Waals surface area contributed by atoms with E-state index >= 15 is 0 Å². The van der Waals surface area contributed by atoms with Gasteiger partial charge in [0.25, 0.3) is 0 Å². The van der Waals surface area contributed by atoms with Crippen LogP contribution in [0.15, 0.2) is 24.3 Å². The lowest BCUT2D eigenvalue weighted by molar-refractivity contribution is -0.288. The first-order chi connectivity index (χ1) is 15.6. The zero-order chi connectivity index (χ0) is 24.5. The number of carbonyl (C=O) groups excluding carboxylic acids is 4. The molecule has 1 aromatic carbocycles. The van der Waals surface area contributed by atoms with E-state index in [2.05, 4.69) is 15.9 Å². The van der Waals surface area contributed by atoms with Gasteiger partial charge < -0.3 is 28.4 Å². The Morgan fingerprint density at radius 2 is 1.36 bits per heavy atom. The minimum Gasteiger partial charge on any atom is -0.463 e. The molecule has 0 aromatic heterocycles. The summed E-state index contributed by atoms with van der Waals surface area (Å²) < 4.78 is 32.9. The molecule has 0 amide bonds. The van der Waals surface area contributed by atoms with Crippen LogP contribution in [0.4, 0.5) is 0 Å². The largest absolute Gasteiger partial charge is 0.463 e. The molecule has 11 heteroatoms. The monoisotopic (exact) mass is 530 g/mol. The van der Waals surface area contributed by atoms with Gasteiger partial charge in [0.05, 0.1) is 0 Å². The van der Waals surface area contributed by atoms with Crippen LogP contribution in [0.25, 0.3) is 0 Å². The third kappa shape index (κ3) is 8.32. The van der Waals surface area contributed by atoms with Crippen LogP contribution in [0.2, 0.25) is 0 Å². The molecule has 3 unspecified atom stereocenters. The molecule has 2 rings (SSSR count). The summed E-state index contributed by atoms with van der Waals surface area (Å²) in [7, 11) is 0. The number of aryl methyl sites for hydroxylation is 1. The maximum absolute atomic E-state index is 11.8. The van der Waals surface area contributed by atoms with E-state index in [1.807, 2.05) is 12.1 Å². The average molecular weight is 531 g/mol. The molecular weight excluding hydrogens is 504 g/mol. The third-order valence-corrected chi connectivity index (χ3v) is 4.90. The molecule has 33 heavy (non-hydrogen) atoms. The number of halogens is 1. The van der Waals surface area contributed by atoms with E-state index in [-0.39, 0.29) is 6.61 Å². The highest BCUT2D eigenvalue weighted by atomic mass is 79.9. The predicted molar refractivity (Wildman–Crippen MR) is 117 cm³/mol. The maximum atomic E-state index is 11.8. The maximum Gasteiger partial charge on any atom is 0.303 e. The van der Waals surface area contributed by atoms with Crippen molar-refractivity contribution in [2.75, 3.05) is 11.9 Å². The number of hydrogen-bond acceptors (Lipinski definition) is 10. The second-order valence-corrected chi connectivity index (χ2v) is 8.06. The number of ether oxygens (including phenoxy) is 6. The van der Waals surface area contributed by atoms with E-state index in [1.165, 1.54) is 13.8 Å². The number of carbonyl (C=O) groups is 4. The van der Waals surface area contributed by atoms with Gasteiger partial charge in [-0.05, 0) is 24.1 Å². The van der Waals surface area contributed by atoms with E-state index in [4.69, 9.17) is 28.4 Å². The fourth-order valence-corrected chi connectivity index (χ4v) is 3.72. The van der Waals surface area contributed by atoms with Gasteiger partial charge in [0.2, 0.25) is 12.4 Å². The highest BCUT2D eigenvalue weighted by molar-refractivity contribution is 9.09. The Balaban J connectivity index is 2.40. The first-order valence-corrected chi connectivity index (χ1v) is 11.3. The van der Waals surface area contributed by atoms with Crippen LogP contribution in [-0.4, -0.2) is 66.5 Å². The summed E-state index contributed by atoms with van der Waals surface area (Å²) in [6.07, 6.45) is -5.27. The minimum atomic E-state index is -1.28. The van der Waals surface area contributed by atoms with Crippen LogP contribution in [0, 0.1) is 0 Å². The molecule has 0 N–H and O–H groups in total. The normalized spacial score (nSPS) is 24.3. The van der Waals surface area contributed by atoms with Crippen LogP contribution in [0.3, 0.4) is 0 Å². The Hall–Kier alpha value is -2.66. The van der Waals surface area contributed by atoms with Crippen LogP contribution < -0.4 is 4.74 Å². The van der Waals surface area contributed by atoms with Gasteiger partial charge in [-0.25, -0.2) is 0 Å². The van der Waals surface area contributed by atoms with Gasteiger partial charge in [-0.15, -0.1) is 0 Å². The number of alkyl halides is 1. The Labute approximate surface area is 199 Å². The fraction of sp³-hybridized carbons (Fsp3) is 0.545. The van der Waals surface area contributed by atoms with Crippen molar-refractivity contribution >= 4 is 39.8 Å². The smallest absolute Gasteiger partial charge is 0.303 e. The molecule has 182 valence electrons. The lowest BCUT2D eigenvalue weighted by atomic mass is 9.98. The number of hydrogen-bond donors (Lipinski definition) is 0. The van der Waals surface area contributed by atoms with Crippen molar-refractivity contribution in [2.45, 2.75) is 64.8 Å². The Morgan fingerprint density at radius 1 is 0.818 bits per heavy atom. The molecule has 1 aromatic rings. The Morgan fingerprint density at radius 3 is 1.88 bits per heavy atom. The molecule has 0 spiro atoms. The lowest BCUT2D eigenvalue weighted by Crippen LogP contribution is -2.63. The van der Waals surface area contributed by atoms with Gasteiger partial charge in [-0.2, -0.15) is 0 Å². The summed E-state index contributed by atoms with van der Waals surface area (Å²) in [5, 5.41) is 0.799. The number of rotatable bonds is 9. The minimum absolute atomic E-state index is 0.318. The molecule has 0 radical (unpaired) electrons. The third-order valence-electron chi connectivity index (χ3n) is 4.51. The fourth-order valence-electron chi connectivity index (χ4n) is 3.26. The van der Waals surface area contributed by atoms with Crippen molar-refractivity contribution in [3.63, 3.8) is 0 Å².